The van der Waals surface area contributed by atoms with Gasteiger partial charge in [0.25, 0.3) is 0 Å². The van der Waals surface area contributed by atoms with E-state index in [1.807, 2.05) is 25.1 Å². The molecular formula is C10H14N2O. The Labute approximate surface area is 78.2 Å². The third kappa shape index (κ3) is 1.99. The van der Waals surface area contributed by atoms with Crippen molar-refractivity contribution in [3.63, 3.8) is 0 Å². The fraction of sp³-hybridized carbons (Fsp3) is 0.300. The molecule has 0 aromatic heterocycles. The number of Topliss-reactive ketones (excluding diaryl/α,β-unsaturated/α-hetero) is 1. The Hall–Kier alpha value is -1.51. The Bertz CT molecular complexity index is 332. The molecule has 70 valence electrons. The van der Waals surface area contributed by atoms with E-state index in [0.717, 1.165) is 5.69 Å². The van der Waals surface area contributed by atoms with Gasteiger partial charge in [0, 0.05) is 31.0 Å². The zero-order valence-corrected chi connectivity index (χ0v) is 8.16. The summed E-state index contributed by atoms with van der Waals surface area (Å²) in [7, 11) is 3.87. The maximum Gasteiger partial charge on any atom is 0.161 e. The molecule has 0 fully saturated rings. The third-order valence-electron chi connectivity index (χ3n) is 1.93. The number of carbonyl (C=O) groups excluding carboxylic acids is 1. The molecule has 0 aliphatic rings. The van der Waals surface area contributed by atoms with E-state index in [4.69, 9.17) is 5.73 Å². The van der Waals surface area contributed by atoms with Crippen LogP contribution in [0.2, 0.25) is 0 Å². The van der Waals surface area contributed by atoms with Gasteiger partial charge in [0.2, 0.25) is 0 Å². The van der Waals surface area contributed by atoms with Crippen LogP contribution in [0.5, 0.6) is 0 Å². The van der Waals surface area contributed by atoms with E-state index < -0.39 is 0 Å². The first-order valence-corrected chi connectivity index (χ1v) is 4.10. The predicted octanol–water partition coefficient (Wildman–Crippen LogP) is 1.54. The largest absolute Gasteiger partial charge is 0.398 e. The Morgan fingerprint density at radius 1 is 1.38 bits per heavy atom. The molecule has 0 atom stereocenters. The van der Waals surface area contributed by atoms with Gasteiger partial charge in [0.1, 0.15) is 0 Å². The Morgan fingerprint density at radius 2 is 2.00 bits per heavy atom. The molecule has 0 saturated carbocycles. The van der Waals surface area contributed by atoms with Crippen molar-refractivity contribution < 1.29 is 4.79 Å². The third-order valence-corrected chi connectivity index (χ3v) is 1.93. The van der Waals surface area contributed by atoms with Crippen LogP contribution in [-0.2, 0) is 0 Å². The van der Waals surface area contributed by atoms with Gasteiger partial charge in [-0.1, -0.05) is 0 Å². The van der Waals surface area contributed by atoms with Crippen LogP contribution in [0.1, 0.15) is 17.3 Å². The normalized spacial score (nSPS) is 9.77. The summed E-state index contributed by atoms with van der Waals surface area (Å²) >= 11 is 0. The Morgan fingerprint density at radius 3 is 2.38 bits per heavy atom. The Kier molecular flexibility index (Phi) is 2.56. The summed E-state index contributed by atoms with van der Waals surface area (Å²) in [6.45, 7) is 1.51. The summed E-state index contributed by atoms with van der Waals surface area (Å²) < 4.78 is 0. The molecule has 1 aromatic carbocycles. The summed E-state index contributed by atoms with van der Waals surface area (Å²) in [5, 5.41) is 0. The molecule has 0 amide bonds. The molecule has 1 aromatic rings. The van der Waals surface area contributed by atoms with Gasteiger partial charge in [-0.15, -0.1) is 0 Å². The highest BCUT2D eigenvalue weighted by Gasteiger charge is 2.05. The lowest BCUT2D eigenvalue weighted by Crippen LogP contribution is -2.10. The molecule has 0 aliphatic carbocycles. The molecule has 0 aliphatic heterocycles. The summed E-state index contributed by atoms with van der Waals surface area (Å²) in [6, 6.07) is 5.44. The number of rotatable bonds is 2. The Balaban J connectivity index is 3.13. The monoisotopic (exact) mass is 178 g/mol. The van der Waals surface area contributed by atoms with E-state index in [9.17, 15) is 4.79 Å². The van der Waals surface area contributed by atoms with E-state index in [1.54, 1.807) is 12.1 Å². The molecule has 3 nitrogen and oxygen atoms in total. The predicted molar refractivity (Wildman–Crippen MR) is 55.2 cm³/mol. The van der Waals surface area contributed by atoms with E-state index >= 15 is 0 Å². The smallest absolute Gasteiger partial charge is 0.161 e. The molecule has 1 rings (SSSR count). The van der Waals surface area contributed by atoms with Gasteiger partial charge in [-0.2, -0.15) is 0 Å². The van der Waals surface area contributed by atoms with Crippen molar-refractivity contribution in [1.29, 1.82) is 0 Å². The van der Waals surface area contributed by atoms with Crippen LogP contribution in [0.25, 0.3) is 0 Å². The van der Waals surface area contributed by atoms with Crippen molar-refractivity contribution in [3.8, 4) is 0 Å². The highest BCUT2D eigenvalue weighted by Crippen LogP contribution is 2.19. The highest BCUT2D eigenvalue weighted by atomic mass is 16.1. The van der Waals surface area contributed by atoms with Crippen LogP contribution < -0.4 is 10.6 Å². The van der Waals surface area contributed by atoms with Crippen LogP contribution in [0, 0.1) is 0 Å². The second-order valence-electron chi connectivity index (χ2n) is 3.22. The number of hydrogen-bond acceptors (Lipinski definition) is 3. The van der Waals surface area contributed by atoms with E-state index in [1.165, 1.54) is 6.92 Å². The van der Waals surface area contributed by atoms with Crippen LogP contribution in [0.4, 0.5) is 11.4 Å². The van der Waals surface area contributed by atoms with Crippen molar-refractivity contribution in [2.24, 2.45) is 0 Å². The first kappa shape index (κ1) is 9.58. The minimum atomic E-state index is 0.00260. The molecule has 0 heterocycles. The van der Waals surface area contributed by atoms with Crippen molar-refractivity contribution in [1.82, 2.24) is 0 Å². The first-order valence-electron chi connectivity index (χ1n) is 4.10. The number of anilines is 2. The van der Waals surface area contributed by atoms with Crippen molar-refractivity contribution in [2.45, 2.75) is 6.92 Å². The van der Waals surface area contributed by atoms with Gasteiger partial charge in [0.15, 0.2) is 5.78 Å². The van der Waals surface area contributed by atoms with Gasteiger partial charge in [-0.3, -0.25) is 4.79 Å². The average Bonchev–Trinajstić information content (AvgIpc) is 2.03. The summed E-state index contributed by atoms with van der Waals surface area (Å²) in [4.78, 5) is 13.0. The number of nitrogen functional groups attached to an aromatic ring is 1. The van der Waals surface area contributed by atoms with Crippen LogP contribution in [0.3, 0.4) is 0 Å². The number of nitrogens with zero attached hydrogens (tertiary/aromatic N) is 1. The fourth-order valence-electron chi connectivity index (χ4n) is 1.15. The number of carbonyl (C=O) groups is 1. The van der Waals surface area contributed by atoms with Crippen molar-refractivity contribution in [2.75, 3.05) is 24.7 Å². The summed E-state index contributed by atoms with van der Waals surface area (Å²) in [5.41, 5.74) is 7.84. The summed E-state index contributed by atoms with van der Waals surface area (Å²) in [5.74, 6) is 0.00260. The average molecular weight is 178 g/mol. The highest BCUT2D eigenvalue weighted by molar-refractivity contribution is 5.99. The van der Waals surface area contributed by atoms with Crippen molar-refractivity contribution in [3.05, 3.63) is 23.8 Å². The van der Waals surface area contributed by atoms with Crippen molar-refractivity contribution >= 4 is 17.2 Å². The molecule has 13 heavy (non-hydrogen) atoms. The number of ketones is 1. The fourth-order valence-corrected chi connectivity index (χ4v) is 1.15. The second kappa shape index (κ2) is 3.47. The number of nitrogens with two attached hydrogens (primary N) is 1. The molecular weight excluding hydrogens is 164 g/mol. The van der Waals surface area contributed by atoms with E-state index in [0.29, 0.717) is 11.3 Å². The molecule has 2 N–H and O–H groups in total. The van der Waals surface area contributed by atoms with Gasteiger partial charge >= 0.3 is 0 Å². The lowest BCUT2D eigenvalue weighted by Gasteiger charge is -2.13. The maximum atomic E-state index is 11.1. The van der Waals surface area contributed by atoms with Gasteiger partial charge < -0.3 is 10.6 Å². The van der Waals surface area contributed by atoms with Crippen LogP contribution >= 0.6 is 0 Å². The SMILES string of the molecule is CC(=O)c1ccc(N(C)C)cc1N. The minimum absolute atomic E-state index is 0.00260. The zero-order valence-electron chi connectivity index (χ0n) is 8.16. The standard InChI is InChI=1S/C10H14N2O/c1-7(13)9-5-4-8(12(2)3)6-10(9)11/h4-6H,11H2,1-3H3. The first-order chi connectivity index (χ1) is 6.02. The number of hydrogen-bond donors (Lipinski definition) is 1. The molecule has 0 saturated heterocycles. The molecule has 0 radical (unpaired) electrons. The minimum Gasteiger partial charge on any atom is -0.398 e. The molecule has 0 bridgehead atoms. The van der Waals surface area contributed by atoms with Gasteiger partial charge in [-0.05, 0) is 25.1 Å². The lowest BCUT2D eigenvalue weighted by atomic mass is 10.1. The lowest BCUT2D eigenvalue weighted by molar-refractivity contribution is 0.101. The maximum absolute atomic E-state index is 11.1. The quantitative estimate of drug-likeness (QED) is 0.552. The van der Waals surface area contributed by atoms with Crippen LogP contribution in [0.15, 0.2) is 18.2 Å². The topological polar surface area (TPSA) is 46.3 Å². The zero-order chi connectivity index (χ0) is 10.0. The second-order valence-corrected chi connectivity index (χ2v) is 3.22. The number of benzene rings is 1. The van der Waals surface area contributed by atoms with Gasteiger partial charge in [-0.25, -0.2) is 0 Å². The van der Waals surface area contributed by atoms with Gasteiger partial charge in [0.05, 0.1) is 0 Å². The molecule has 3 heteroatoms. The molecule has 0 unspecified atom stereocenters. The van der Waals surface area contributed by atoms with E-state index in [-0.39, 0.29) is 5.78 Å². The summed E-state index contributed by atoms with van der Waals surface area (Å²) in [6.07, 6.45) is 0. The molecule has 0 spiro atoms. The van der Waals surface area contributed by atoms with E-state index in [2.05, 4.69) is 0 Å². The van der Waals surface area contributed by atoms with Crippen LogP contribution in [-0.4, -0.2) is 19.9 Å².